The van der Waals surface area contributed by atoms with Crippen LogP contribution in [0.4, 0.5) is 0 Å². The molecular weight excluding hydrogens is 352 g/mol. The van der Waals surface area contributed by atoms with Gasteiger partial charge in [-0.25, -0.2) is 0 Å². The molecule has 1 aromatic carbocycles. The first-order valence-corrected chi connectivity index (χ1v) is 10.3. The molecule has 1 aliphatic carbocycles. The van der Waals surface area contributed by atoms with Gasteiger partial charge in [-0.2, -0.15) is 0 Å². The van der Waals surface area contributed by atoms with Gasteiger partial charge in [0.15, 0.2) is 0 Å². The molecule has 5 nitrogen and oxygen atoms in total. The van der Waals surface area contributed by atoms with Gasteiger partial charge >= 0.3 is 0 Å². The van der Waals surface area contributed by atoms with Crippen LogP contribution in [-0.4, -0.2) is 47.6 Å². The number of carbonyl (C=O) groups is 2. The van der Waals surface area contributed by atoms with Gasteiger partial charge in [-0.1, -0.05) is 51.1 Å². The van der Waals surface area contributed by atoms with Gasteiger partial charge < -0.3 is 15.3 Å². The van der Waals surface area contributed by atoms with Crippen LogP contribution in [0.15, 0.2) is 30.3 Å². The van der Waals surface area contributed by atoms with Gasteiger partial charge in [-0.3, -0.25) is 9.59 Å². The van der Waals surface area contributed by atoms with Crippen molar-refractivity contribution in [2.75, 3.05) is 13.6 Å². The van der Waals surface area contributed by atoms with Crippen LogP contribution in [0.5, 0.6) is 0 Å². The number of hydrogen-bond acceptors (Lipinski definition) is 3. The van der Waals surface area contributed by atoms with E-state index in [1.165, 1.54) is 12.5 Å². The van der Waals surface area contributed by atoms with E-state index in [2.05, 4.69) is 38.2 Å². The van der Waals surface area contributed by atoms with Crippen LogP contribution in [0.25, 0.3) is 0 Å². The quantitative estimate of drug-likeness (QED) is 0.761. The zero-order valence-corrected chi connectivity index (χ0v) is 18.0. The third-order valence-electron chi connectivity index (χ3n) is 5.92. The molecule has 2 N–H and O–H groups in total. The summed E-state index contributed by atoms with van der Waals surface area (Å²) in [6, 6.07) is 10.0. The maximum atomic E-state index is 12.7. The second kappa shape index (κ2) is 9.08. The molecule has 1 aromatic rings. The highest BCUT2D eigenvalue weighted by molar-refractivity contribution is 5.77. The third-order valence-corrected chi connectivity index (χ3v) is 5.92. The van der Waals surface area contributed by atoms with Gasteiger partial charge in [0.2, 0.25) is 11.8 Å². The van der Waals surface area contributed by atoms with Crippen LogP contribution in [0.3, 0.4) is 0 Å². The van der Waals surface area contributed by atoms with Gasteiger partial charge in [0.1, 0.15) is 0 Å². The fourth-order valence-corrected chi connectivity index (χ4v) is 4.23. The number of carbonyl (C=O) groups excluding carboxylic acids is 2. The standard InChI is InChI=1S/C23H36N2O3/c1-17(26)24-16-23(18-9-7-6-8-10-18)13-11-19(20(27)12-14-23)25(5)21(28)15-22(2,3)4/h6-10,19-20,27H,11-16H2,1-5H3,(H,24,26)/t19-,20-,23-/m1/s1. The molecule has 0 radical (unpaired) electrons. The van der Waals surface area contributed by atoms with Gasteiger partial charge in [-0.15, -0.1) is 0 Å². The van der Waals surface area contributed by atoms with E-state index in [0.29, 0.717) is 25.8 Å². The molecule has 0 spiro atoms. The Morgan fingerprint density at radius 2 is 1.79 bits per heavy atom. The number of aliphatic hydroxyl groups excluding tert-OH is 1. The predicted molar refractivity (Wildman–Crippen MR) is 112 cm³/mol. The lowest BCUT2D eigenvalue weighted by atomic mass is 9.74. The van der Waals surface area contributed by atoms with Crippen molar-refractivity contribution in [1.29, 1.82) is 0 Å². The van der Waals surface area contributed by atoms with E-state index in [-0.39, 0.29) is 28.7 Å². The van der Waals surface area contributed by atoms with Crippen LogP contribution in [0, 0.1) is 5.41 Å². The van der Waals surface area contributed by atoms with Crippen molar-refractivity contribution in [3.63, 3.8) is 0 Å². The number of amides is 2. The van der Waals surface area contributed by atoms with Crippen LogP contribution in [0.1, 0.15) is 65.4 Å². The SMILES string of the molecule is CC(=O)NC[C@]1(c2ccccc2)CC[C@@H](O)[C@H](N(C)C(=O)CC(C)(C)C)CC1. The van der Waals surface area contributed by atoms with Crippen LogP contribution < -0.4 is 5.32 Å². The van der Waals surface area contributed by atoms with Crippen LogP contribution in [0.2, 0.25) is 0 Å². The number of rotatable bonds is 5. The van der Waals surface area contributed by atoms with Gasteiger partial charge in [0, 0.05) is 32.4 Å². The summed E-state index contributed by atoms with van der Waals surface area (Å²) in [5.74, 6) is 0.0275. The highest BCUT2D eigenvalue weighted by atomic mass is 16.3. The summed E-state index contributed by atoms with van der Waals surface area (Å²) in [6.07, 6.45) is 2.80. The summed E-state index contributed by atoms with van der Waals surface area (Å²) in [6.45, 7) is 8.24. The molecular formula is C23H36N2O3. The maximum absolute atomic E-state index is 12.7. The molecule has 2 rings (SSSR count). The van der Waals surface area contributed by atoms with E-state index in [4.69, 9.17) is 0 Å². The molecule has 3 atom stereocenters. The number of aliphatic hydroxyl groups is 1. The molecule has 2 amide bonds. The Balaban J connectivity index is 2.22. The van der Waals surface area contributed by atoms with E-state index in [1.807, 2.05) is 25.2 Å². The Kier molecular flexibility index (Phi) is 7.27. The molecule has 1 aliphatic rings. The average molecular weight is 389 g/mol. The Labute approximate surface area is 169 Å². The second-order valence-electron chi connectivity index (χ2n) is 9.51. The lowest BCUT2D eigenvalue weighted by Crippen LogP contribution is -2.45. The molecule has 0 bridgehead atoms. The number of nitrogens with zero attached hydrogens (tertiary/aromatic N) is 1. The topological polar surface area (TPSA) is 69.6 Å². The molecule has 1 saturated carbocycles. The molecule has 5 heteroatoms. The zero-order chi connectivity index (χ0) is 20.9. The second-order valence-corrected chi connectivity index (χ2v) is 9.51. The third kappa shape index (κ3) is 5.81. The molecule has 156 valence electrons. The number of nitrogens with one attached hydrogen (secondary N) is 1. The van der Waals surface area contributed by atoms with E-state index in [1.54, 1.807) is 4.90 Å². The highest BCUT2D eigenvalue weighted by Crippen LogP contribution is 2.39. The summed E-state index contributed by atoms with van der Waals surface area (Å²) in [7, 11) is 1.81. The van der Waals surface area contributed by atoms with Gasteiger partial charge in [0.05, 0.1) is 12.1 Å². The highest BCUT2D eigenvalue weighted by Gasteiger charge is 2.40. The Bertz CT molecular complexity index is 668. The number of benzene rings is 1. The molecule has 0 saturated heterocycles. The van der Waals surface area contributed by atoms with E-state index in [9.17, 15) is 14.7 Å². The molecule has 0 heterocycles. The first-order chi connectivity index (χ1) is 13.0. The van der Waals surface area contributed by atoms with Crippen molar-refractivity contribution in [3.8, 4) is 0 Å². The Hall–Kier alpha value is -1.88. The smallest absolute Gasteiger partial charge is 0.223 e. The van der Waals surface area contributed by atoms with Crippen molar-refractivity contribution in [3.05, 3.63) is 35.9 Å². The fourth-order valence-electron chi connectivity index (χ4n) is 4.23. The molecule has 28 heavy (non-hydrogen) atoms. The zero-order valence-electron chi connectivity index (χ0n) is 18.0. The minimum absolute atomic E-state index is 0.0471. The lowest BCUT2D eigenvalue weighted by Gasteiger charge is -2.34. The minimum Gasteiger partial charge on any atom is -0.391 e. The molecule has 0 aromatic heterocycles. The molecule has 1 fully saturated rings. The average Bonchev–Trinajstić information content (AvgIpc) is 2.79. The minimum atomic E-state index is -0.558. The summed E-state index contributed by atoms with van der Waals surface area (Å²) >= 11 is 0. The van der Waals surface area contributed by atoms with Gasteiger partial charge in [-0.05, 0) is 36.7 Å². The Morgan fingerprint density at radius 1 is 1.18 bits per heavy atom. The van der Waals surface area contributed by atoms with E-state index in [0.717, 1.165) is 12.8 Å². The summed E-state index contributed by atoms with van der Waals surface area (Å²) in [4.78, 5) is 26.1. The number of hydrogen-bond donors (Lipinski definition) is 2. The van der Waals surface area contributed by atoms with E-state index >= 15 is 0 Å². The first kappa shape index (κ1) is 22.4. The summed E-state index contributed by atoms with van der Waals surface area (Å²) in [5, 5.41) is 13.8. The largest absolute Gasteiger partial charge is 0.391 e. The van der Waals surface area contributed by atoms with Crippen LogP contribution >= 0.6 is 0 Å². The summed E-state index contributed by atoms with van der Waals surface area (Å²) in [5.41, 5.74) is 0.872. The fraction of sp³-hybridized carbons (Fsp3) is 0.652. The Morgan fingerprint density at radius 3 is 2.36 bits per heavy atom. The van der Waals surface area contributed by atoms with Crippen molar-refractivity contribution in [1.82, 2.24) is 10.2 Å². The first-order valence-electron chi connectivity index (χ1n) is 10.3. The lowest BCUT2D eigenvalue weighted by molar-refractivity contribution is -0.136. The van der Waals surface area contributed by atoms with Crippen LogP contribution in [-0.2, 0) is 15.0 Å². The number of likely N-dealkylation sites (N-methyl/N-ethyl adjacent to an activating group) is 1. The van der Waals surface area contributed by atoms with Gasteiger partial charge in [0.25, 0.3) is 0 Å². The molecule has 0 unspecified atom stereocenters. The monoisotopic (exact) mass is 388 g/mol. The normalized spacial score (nSPS) is 25.6. The van der Waals surface area contributed by atoms with E-state index < -0.39 is 6.10 Å². The predicted octanol–water partition coefficient (Wildman–Crippen LogP) is 3.26. The van der Waals surface area contributed by atoms with Crippen molar-refractivity contribution >= 4 is 11.8 Å². The maximum Gasteiger partial charge on any atom is 0.223 e. The van der Waals surface area contributed by atoms with Crippen molar-refractivity contribution in [2.24, 2.45) is 5.41 Å². The summed E-state index contributed by atoms with van der Waals surface area (Å²) < 4.78 is 0. The molecule has 0 aliphatic heterocycles. The van der Waals surface area contributed by atoms with Crippen molar-refractivity contribution in [2.45, 2.75) is 77.4 Å². The van der Waals surface area contributed by atoms with Crippen molar-refractivity contribution < 1.29 is 14.7 Å².